The number of hydrogen-bond donors (Lipinski definition) is 2. The van der Waals surface area contributed by atoms with Gasteiger partial charge >= 0.3 is 0 Å². The lowest BCUT2D eigenvalue weighted by Crippen LogP contribution is -2.38. The molecule has 2 N–H and O–H groups in total. The van der Waals surface area contributed by atoms with Crippen LogP contribution in [0.15, 0.2) is 42.0 Å². The van der Waals surface area contributed by atoms with Gasteiger partial charge in [-0.3, -0.25) is 9.59 Å². The topological polar surface area (TPSA) is 99.5 Å². The first-order valence-electron chi connectivity index (χ1n) is 11.3. The average Bonchev–Trinajstić information content (AvgIpc) is 3.10. The molecule has 1 fully saturated rings. The molecule has 1 atom stereocenters. The predicted molar refractivity (Wildman–Crippen MR) is 129 cm³/mol. The van der Waals surface area contributed by atoms with Crippen LogP contribution in [-0.4, -0.2) is 72.1 Å². The van der Waals surface area contributed by atoms with Crippen LogP contribution in [-0.2, 0) is 9.59 Å². The summed E-state index contributed by atoms with van der Waals surface area (Å²) >= 11 is 0. The Bertz CT molecular complexity index is 1110. The Labute approximate surface area is 200 Å². The number of ether oxygens (including phenoxy) is 2. The molecule has 0 bridgehead atoms. The summed E-state index contributed by atoms with van der Waals surface area (Å²) in [6.07, 6.45) is 0. The maximum atomic E-state index is 13.2. The summed E-state index contributed by atoms with van der Waals surface area (Å²) < 4.78 is 10.8. The molecule has 0 aliphatic carbocycles. The number of phenols is 1. The van der Waals surface area contributed by atoms with Gasteiger partial charge in [-0.05, 0) is 49.8 Å². The van der Waals surface area contributed by atoms with Gasteiger partial charge in [0.05, 0.1) is 31.4 Å². The predicted octanol–water partition coefficient (Wildman–Crippen LogP) is 3.48. The van der Waals surface area contributed by atoms with Crippen LogP contribution in [0.1, 0.15) is 36.6 Å². The second-order valence-electron chi connectivity index (χ2n) is 8.15. The lowest BCUT2D eigenvalue weighted by molar-refractivity contribution is -0.140. The summed E-state index contributed by atoms with van der Waals surface area (Å²) in [7, 11) is 3.03. The van der Waals surface area contributed by atoms with Crippen molar-refractivity contribution in [3.05, 3.63) is 58.7 Å². The third-order valence-corrected chi connectivity index (χ3v) is 6.22. The van der Waals surface area contributed by atoms with Crippen LogP contribution in [0, 0.1) is 6.92 Å². The minimum Gasteiger partial charge on any atom is -0.507 e. The summed E-state index contributed by atoms with van der Waals surface area (Å²) in [5, 5.41) is 21.6. The quantitative estimate of drug-likeness (QED) is 0.330. The molecule has 1 aliphatic heterocycles. The van der Waals surface area contributed by atoms with Crippen molar-refractivity contribution in [1.82, 2.24) is 9.80 Å². The van der Waals surface area contributed by atoms with Gasteiger partial charge in [0.2, 0.25) is 0 Å². The van der Waals surface area contributed by atoms with Crippen LogP contribution in [0.3, 0.4) is 0 Å². The smallest absolute Gasteiger partial charge is 0.295 e. The SMILES string of the molecule is CCN(CC)CCN1C(=O)C(=O)C(=C(O)c2cc(C)ccc2O)[C@@H]1c1ccc(OC)c(OC)c1. The van der Waals surface area contributed by atoms with E-state index in [0.717, 1.165) is 18.7 Å². The number of rotatable bonds is 9. The molecule has 1 saturated heterocycles. The highest BCUT2D eigenvalue weighted by molar-refractivity contribution is 6.46. The third kappa shape index (κ3) is 4.72. The van der Waals surface area contributed by atoms with E-state index in [1.54, 1.807) is 30.3 Å². The highest BCUT2D eigenvalue weighted by Gasteiger charge is 2.46. The van der Waals surface area contributed by atoms with E-state index in [4.69, 9.17) is 9.47 Å². The standard InChI is InChI=1S/C26H32N2O6/c1-6-27(7-2)12-13-28-23(17-9-11-20(33-4)21(15-17)34-5)22(25(31)26(28)32)24(30)18-14-16(3)8-10-19(18)29/h8-11,14-15,23,29-30H,6-7,12-13H2,1-5H3/t23-/m0/s1. The summed E-state index contributed by atoms with van der Waals surface area (Å²) in [6.45, 7) is 8.34. The first-order valence-corrected chi connectivity index (χ1v) is 11.3. The number of nitrogens with zero attached hydrogens (tertiary/aromatic N) is 2. The summed E-state index contributed by atoms with van der Waals surface area (Å²) in [6, 6.07) is 9.01. The van der Waals surface area contributed by atoms with Crippen LogP contribution in [0.4, 0.5) is 0 Å². The number of phenolic OH excluding ortho intramolecular Hbond substituents is 1. The second-order valence-corrected chi connectivity index (χ2v) is 8.15. The molecule has 2 aromatic rings. The summed E-state index contributed by atoms with van der Waals surface area (Å²) in [5.74, 6) is -1.14. The molecule has 0 radical (unpaired) electrons. The highest BCUT2D eigenvalue weighted by Crippen LogP contribution is 2.42. The molecule has 1 heterocycles. The molecule has 2 aromatic carbocycles. The van der Waals surface area contributed by atoms with E-state index in [2.05, 4.69) is 4.90 Å². The molecule has 3 rings (SSSR count). The normalized spacial score (nSPS) is 17.5. The number of carbonyl (C=O) groups excluding carboxylic acids is 2. The summed E-state index contributed by atoms with van der Waals surface area (Å²) in [4.78, 5) is 30.0. The molecular formula is C26H32N2O6. The fourth-order valence-corrected chi connectivity index (χ4v) is 4.25. The van der Waals surface area contributed by atoms with Crippen molar-refractivity contribution in [3.8, 4) is 17.2 Å². The number of amides is 1. The van der Waals surface area contributed by atoms with Crippen molar-refractivity contribution < 1.29 is 29.3 Å². The fraction of sp³-hybridized carbons (Fsp3) is 0.385. The van der Waals surface area contributed by atoms with E-state index in [-0.39, 0.29) is 16.9 Å². The number of aliphatic hydroxyl groups is 1. The van der Waals surface area contributed by atoms with Gasteiger partial charge in [-0.2, -0.15) is 0 Å². The van der Waals surface area contributed by atoms with E-state index in [1.807, 2.05) is 20.8 Å². The van der Waals surface area contributed by atoms with Gasteiger partial charge in [0.1, 0.15) is 11.5 Å². The van der Waals surface area contributed by atoms with E-state index in [0.29, 0.717) is 30.2 Å². The molecule has 182 valence electrons. The summed E-state index contributed by atoms with van der Waals surface area (Å²) in [5.41, 5.74) is 1.41. The monoisotopic (exact) mass is 468 g/mol. The molecule has 1 aliphatic rings. The Kier molecular flexibility index (Phi) is 7.83. The van der Waals surface area contributed by atoms with Gasteiger partial charge in [-0.15, -0.1) is 0 Å². The van der Waals surface area contributed by atoms with Gasteiger partial charge in [-0.25, -0.2) is 0 Å². The number of aliphatic hydroxyl groups excluding tert-OH is 1. The van der Waals surface area contributed by atoms with Gasteiger partial charge in [0.15, 0.2) is 11.5 Å². The van der Waals surface area contributed by atoms with Gasteiger partial charge in [0.25, 0.3) is 11.7 Å². The zero-order valence-electron chi connectivity index (χ0n) is 20.3. The molecular weight excluding hydrogens is 436 g/mol. The Hall–Kier alpha value is -3.52. The van der Waals surface area contributed by atoms with Crippen LogP contribution >= 0.6 is 0 Å². The van der Waals surface area contributed by atoms with E-state index >= 15 is 0 Å². The number of likely N-dealkylation sites (tertiary alicyclic amines) is 1. The van der Waals surface area contributed by atoms with Gasteiger partial charge < -0.3 is 29.5 Å². The van der Waals surface area contributed by atoms with Crippen LogP contribution in [0.2, 0.25) is 0 Å². The van der Waals surface area contributed by atoms with Gasteiger partial charge in [-0.1, -0.05) is 31.5 Å². The minimum atomic E-state index is -0.852. The van der Waals surface area contributed by atoms with Crippen molar-refractivity contribution in [2.75, 3.05) is 40.4 Å². The molecule has 0 spiro atoms. The minimum absolute atomic E-state index is 0.0716. The van der Waals surface area contributed by atoms with E-state index in [9.17, 15) is 19.8 Å². The zero-order valence-corrected chi connectivity index (χ0v) is 20.3. The highest BCUT2D eigenvalue weighted by atomic mass is 16.5. The number of Topliss-reactive ketones (excluding diaryl/α,β-unsaturated/α-hetero) is 1. The van der Waals surface area contributed by atoms with E-state index < -0.39 is 23.5 Å². The Morgan fingerprint density at radius 2 is 1.71 bits per heavy atom. The molecule has 8 nitrogen and oxygen atoms in total. The lowest BCUT2D eigenvalue weighted by Gasteiger charge is -2.28. The average molecular weight is 469 g/mol. The largest absolute Gasteiger partial charge is 0.507 e. The molecule has 0 unspecified atom stereocenters. The number of ketones is 1. The maximum absolute atomic E-state index is 13.2. The van der Waals surface area contributed by atoms with E-state index in [1.165, 1.54) is 25.2 Å². The zero-order chi connectivity index (χ0) is 25.0. The van der Waals surface area contributed by atoms with Crippen LogP contribution in [0.25, 0.3) is 5.76 Å². The number of hydrogen-bond acceptors (Lipinski definition) is 7. The van der Waals surface area contributed by atoms with Crippen molar-refractivity contribution in [1.29, 1.82) is 0 Å². The fourth-order valence-electron chi connectivity index (χ4n) is 4.25. The molecule has 34 heavy (non-hydrogen) atoms. The Morgan fingerprint density at radius 3 is 2.32 bits per heavy atom. The number of aromatic hydroxyl groups is 1. The maximum Gasteiger partial charge on any atom is 0.295 e. The molecule has 0 saturated carbocycles. The third-order valence-electron chi connectivity index (χ3n) is 6.22. The Balaban J connectivity index is 2.19. The lowest BCUT2D eigenvalue weighted by atomic mass is 9.94. The first-order chi connectivity index (χ1) is 16.3. The number of benzene rings is 2. The van der Waals surface area contributed by atoms with Crippen molar-refractivity contribution in [3.63, 3.8) is 0 Å². The Morgan fingerprint density at radius 1 is 1.03 bits per heavy atom. The second kappa shape index (κ2) is 10.6. The first kappa shape index (κ1) is 25.1. The molecule has 0 aromatic heterocycles. The van der Waals surface area contributed by atoms with Crippen molar-refractivity contribution >= 4 is 17.4 Å². The number of carbonyl (C=O) groups is 2. The number of likely N-dealkylation sites (N-methyl/N-ethyl adjacent to an activating group) is 1. The van der Waals surface area contributed by atoms with Crippen LogP contribution in [0.5, 0.6) is 17.2 Å². The van der Waals surface area contributed by atoms with Gasteiger partial charge in [0, 0.05) is 13.1 Å². The van der Waals surface area contributed by atoms with Crippen molar-refractivity contribution in [2.24, 2.45) is 0 Å². The van der Waals surface area contributed by atoms with Crippen LogP contribution < -0.4 is 9.47 Å². The number of aryl methyl sites for hydroxylation is 1. The number of methoxy groups -OCH3 is 2. The molecule has 8 heteroatoms. The van der Waals surface area contributed by atoms with Crippen molar-refractivity contribution in [2.45, 2.75) is 26.8 Å². The molecule has 1 amide bonds.